The zero-order valence-corrected chi connectivity index (χ0v) is 14.3. The van der Waals surface area contributed by atoms with Crippen LogP contribution in [0.2, 0.25) is 0 Å². The van der Waals surface area contributed by atoms with Gasteiger partial charge in [-0.3, -0.25) is 4.79 Å². The Hall–Kier alpha value is -1.97. The summed E-state index contributed by atoms with van der Waals surface area (Å²) in [6, 6.07) is 5.82. The first-order valence-electron chi connectivity index (χ1n) is 8.21. The fraction of sp³-hybridized carbons (Fsp3) is 0.526. The molecule has 1 aliphatic carbocycles. The van der Waals surface area contributed by atoms with Gasteiger partial charge in [0.05, 0.1) is 5.92 Å². The summed E-state index contributed by atoms with van der Waals surface area (Å²) in [4.78, 5) is 12.5. The van der Waals surface area contributed by atoms with Gasteiger partial charge in [0.2, 0.25) is 5.91 Å². The van der Waals surface area contributed by atoms with Crippen molar-refractivity contribution in [2.75, 3.05) is 13.2 Å². The molecule has 0 bridgehead atoms. The van der Waals surface area contributed by atoms with Gasteiger partial charge in [-0.25, -0.2) is 0 Å². The lowest BCUT2D eigenvalue weighted by atomic mass is 10.1. The van der Waals surface area contributed by atoms with Crippen molar-refractivity contribution in [3.8, 4) is 11.5 Å². The van der Waals surface area contributed by atoms with Crippen LogP contribution in [0.4, 0.5) is 0 Å². The standard InChI is InChI=1S/C19H25NO3/c1-12(2)9-14-17(19(14,3)4)18(21)20-11-13-5-6-15-16(10-13)23-8-7-22-15/h5-6,9-10,14,17H,7-8,11H2,1-4H3,(H,20,21). The maximum absolute atomic E-state index is 12.5. The Morgan fingerprint density at radius 1 is 1.26 bits per heavy atom. The quantitative estimate of drug-likeness (QED) is 0.867. The van der Waals surface area contributed by atoms with E-state index in [0.717, 1.165) is 17.1 Å². The normalized spacial score (nSPS) is 23.8. The molecule has 2 atom stereocenters. The smallest absolute Gasteiger partial charge is 0.224 e. The summed E-state index contributed by atoms with van der Waals surface area (Å²) < 4.78 is 11.1. The molecule has 1 fully saturated rings. The highest BCUT2D eigenvalue weighted by Gasteiger charge is 2.60. The van der Waals surface area contributed by atoms with Gasteiger partial charge in [-0.1, -0.05) is 31.6 Å². The average Bonchev–Trinajstić information content (AvgIpc) is 3.04. The zero-order valence-electron chi connectivity index (χ0n) is 14.3. The molecule has 1 amide bonds. The largest absolute Gasteiger partial charge is 0.486 e. The second-order valence-electron chi connectivity index (χ2n) is 7.26. The third-order valence-corrected chi connectivity index (χ3v) is 4.78. The third-order valence-electron chi connectivity index (χ3n) is 4.78. The van der Waals surface area contributed by atoms with Crippen LogP contribution < -0.4 is 14.8 Å². The van der Waals surface area contributed by atoms with E-state index in [9.17, 15) is 4.79 Å². The van der Waals surface area contributed by atoms with Crippen molar-refractivity contribution in [3.05, 3.63) is 35.4 Å². The Bertz CT molecular complexity index is 644. The molecular formula is C19H25NO3. The number of hydrogen-bond donors (Lipinski definition) is 1. The number of rotatable bonds is 4. The van der Waals surface area contributed by atoms with Crippen LogP contribution in [0, 0.1) is 17.3 Å². The Balaban J connectivity index is 1.61. The SMILES string of the molecule is CC(C)=CC1C(C(=O)NCc2ccc3c(c2)OCCO3)C1(C)C. The third kappa shape index (κ3) is 3.21. The minimum absolute atomic E-state index is 0.0498. The van der Waals surface area contributed by atoms with Crippen LogP contribution in [-0.4, -0.2) is 19.1 Å². The number of carbonyl (C=O) groups excluding carboxylic acids is 1. The van der Waals surface area contributed by atoms with Crippen LogP contribution in [0.15, 0.2) is 29.8 Å². The second-order valence-corrected chi connectivity index (χ2v) is 7.26. The van der Waals surface area contributed by atoms with Gasteiger partial charge in [-0.05, 0) is 42.9 Å². The Kier molecular flexibility index (Phi) is 4.09. The highest BCUT2D eigenvalue weighted by atomic mass is 16.6. The molecule has 23 heavy (non-hydrogen) atoms. The topological polar surface area (TPSA) is 47.6 Å². The highest BCUT2D eigenvalue weighted by molar-refractivity contribution is 5.83. The van der Waals surface area contributed by atoms with E-state index in [-0.39, 0.29) is 17.2 Å². The van der Waals surface area contributed by atoms with E-state index in [2.05, 4.69) is 39.1 Å². The Morgan fingerprint density at radius 2 is 1.96 bits per heavy atom. The van der Waals surface area contributed by atoms with E-state index in [1.165, 1.54) is 5.57 Å². The van der Waals surface area contributed by atoms with E-state index in [4.69, 9.17) is 9.47 Å². The number of hydrogen-bond acceptors (Lipinski definition) is 3. The number of allylic oxidation sites excluding steroid dienone is 2. The Labute approximate surface area is 137 Å². The van der Waals surface area contributed by atoms with Crippen molar-refractivity contribution >= 4 is 5.91 Å². The van der Waals surface area contributed by atoms with Gasteiger partial charge in [0.15, 0.2) is 11.5 Å². The van der Waals surface area contributed by atoms with Crippen LogP contribution in [0.1, 0.15) is 33.3 Å². The first-order valence-corrected chi connectivity index (χ1v) is 8.21. The van der Waals surface area contributed by atoms with Crippen LogP contribution in [-0.2, 0) is 11.3 Å². The lowest BCUT2D eigenvalue weighted by molar-refractivity contribution is -0.123. The molecule has 124 valence electrons. The number of nitrogens with one attached hydrogen (secondary N) is 1. The Morgan fingerprint density at radius 3 is 2.65 bits per heavy atom. The van der Waals surface area contributed by atoms with E-state index >= 15 is 0 Å². The van der Waals surface area contributed by atoms with Crippen molar-refractivity contribution in [1.29, 1.82) is 0 Å². The average molecular weight is 315 g/mol. The van der Waals surface area contributed by atoms with Gasteiger partial charge in [0, 0.05) is 6.54 Å². The summed E-state index contributed by atoms with van der Waals surface area (Å²) >= 11 is 0. The molecule has 0 saturated heterocycles. The number of benzene rings is 1. The molecule has 0 radical (unpaired) electrons. The van der Waals surface area contributed by atoms with Crippen molar-refractivity contribution in [2.45, 2.75) is 34.2 Å². The summed E-state index contributed by atoms with van der Waals surface area (Å²) in [5, 5.41) is 3.06. The molecule has 1 aliphatic heterocycles. The maximum Gasteiger partial charge on any atom is 0.224 e. The van der Waals surface area contributed by atoms with Gasteiger partial charge in [-0.2, -0.15) is 0 Å². The molecular weight excluding hydrogens is 290 g/mol. The molecule has 0 spiro atoms. The van der Waals surface area contributed by atoms with Gasteiger partial charge in [0.25, 0.3) is 0 Å². The zero-order chi connectivity index (χ0) is 16.6. The maximum atomic E-state index is 12.5. The molecule has 4 nitrogen and oxygen atoms in total. The number of amides is 1. The highest BCUT2D eigenvalue weighted by Crippen LogP contribution is 2.59. The van der Waals surface area contributed by atoms with E-state index < -0.39 is 0 Å². The molecule has 1 aromatic rings. The number of fused-ring (bicyclic) bond motifs is 1. The van der Waals surface area contributed by atoms with E-state index in [1.54, 1.807) is 0 Å². The molecule has 1 saturated carbocycles. The lowest BCUT2D eigenvalue weighted by Gasteiger charge is -2.19. The first kappa shape index (κ1) is 15.9. The van der Waals surface area contributed by atoms with Crippen molar-refractivity contribution < 1.29 is 14.3 Å². The number of carbonyl (C=O) groups is 1. The molecule has 1 heterocycles. The molecule has 1 aromatic carbocycles. The predicted octanol–water partition coefficient (Wildman–Crippen LogP) is 3.31. The van der Waals surface area contributed by atoms with Crippen LogP contribution >= 0.6 is 0 Å². The fourth-order valence-electron chi connectivity index (χ4n) is 3.35. The second kappa shape index (κ2) is 5.91. The van der Waals surface area contributed by atoms with E-state index in [0.29, 0.717) is 25.7 Å². The molecule has 3 rings (SSSR count). The fourth-order valence-corrected chi connectivity index (χ4v) is 3.35. The van der Waals surface area contributed by atoms with Gasteiger partial charge >= 0.3 is 0 Å². The van der Waals surface area contributed by atoms with E-state index in [1.807, 2.05) is 18.2 Å². The predicted molar refractivity (Wildman–Crippen MR) is 89.5 cm³/mol. The number of ether oxygens (including phenoxy) is 2. The summed E-state index contributed by atoms with van der Waals surface area (Å²) in [6.45, 7) is 10.2. The summed E-state index contributed by atoms with van der Waals surface area (Å²) in [5.74, 6) is 2.07. The minimum Gasteiger partial charge on any atom is -0.486 e. The minimum atomic E-state index is 0.0498. The van der Waals surface area contributed by atoms with Crippen LogP contribution in [0.3, 0.4) is 0 Å². The first-order chi connectivity index (χ1) is 10.9. The molecule has 4 heteroatoms. The van der Waals surface area contributed by atoms with Gasteiger partial charge in [-0.15, -0.1) is 0 Å². The van der Waals surface area contributed by atoms with Crippen LogP contribution in [0.25, 0.3) is 0 Å². The summed E-state index contributed by atoms with van der Waals surface area (Å²) in [5.41, 5.74) is 2.35. The molecule has 0 aromatic heterocycles. The van der Waals surface area contributed by atoms with Crippen molar-refractivity contribution in [1.82, 2.24) is 5.32 Å². The van der Waals surface area contributed by atoms with Crippen molar-refractivity contribution in [3.63, 3.8) is 0 Å². The lowest BCUT2D eigenvalue weighted by Crippen LogP contribution is -2.26. The monoisotopic (exact) mass is 315 g/mol. The molecule has 1 N–H and O–H groups in total. The van der Waals surface area contributed by atoms with Gasteiger partial charge < -0.3 is 14.8 Å². The van der Waals surface area contributed by atoms with Crippen LogP contribution in [0.5, 0.6) is 11.5 Å². The van der Waals surface area contributed by atoms with Crippen molar-refractivity contribution in [2.24, 2.45) is 17.3 Å². The molecule has 2 unspecified atom stereocenters. The van der Waals surface area contributed by atoms with Gasteiger partial charge in [0.1, 0.15) is 13.2 Å². The summed E-state index contributed by atoms with van der Waals surface area (Å²) in [7, 11) is 0. The summed E-state index contributed by atoms with van der Waals surface area (Å²) in [6.07, 6.45) is 2.22. The molecule has 2 aliphatic rings.